The van der Waals surface area contributed by atoms with E-state index in [1.165, 1.54) is 19.8 Å². The summed E-state index contributed by atoms with van der Waals surface area (Å²) in [5.74, 6) is -1.42. The smallest absolute Gasteiger partial charge is 0.356 e. The molecule has 20 heavy (non-hydrogen) atoms. The fraction of sp³-hybridized carbons (Fsp3) is 0.615. The van der Waals surface area contributed by atoms with Crippen LogP contribution in [0.15, 0.2) is 0 Å². The topological polar surface area (TPSA) is 82.5 Å². The van der Waals surface area contributed by atoms with Gasteiger partial charge in [0.15, 0.2) is 16.6 Å². The van der Waals surface area contributed by atoms with Gasteiger partial charge < -0.3 is 15.3 Å². The summed E-state index contributed by atoms with van der Waals surface area (Å²) in [6.07, 6.45) is 3.57. The molecule has 6 nitrogen and oxygen atoms in total. The zero-order chi connectivity index (χ0) is 14.7. The van der Waals surface area contributed by atoms with Gasteiger partial charge in [0.2, 0.25) is 0 Å². The van der Waals surface area contributed by atoms with Gasteiger partial charge in [-0.25, -0.2) is 9.78 Å². The molecule has 0 amide bonds. The standard InChI is InChI=1S/C13H19N3O3S/c1-8(17)11-10(12(18)19)15-13(20-11)14-7-9-5-3-4-6-16(9)2/h9H,3-7H2,1-2H3,(H,14,15)(H,18,19). The predicted molar refractivity (Wildman–Crippen MR) is 77.8 cm³/mol. The number of carbonyl (C=O) groups is 2. The SMILES string of the molecule is CC(=O)c1sc(NCC2CCCCN2C)nc1C(=O)O. The van der Waals surface area contributed by atoms with Crippen LogP contribution in [0.3, 0.4) is 0 Å². The number of anilines is 1. The molecule has 0 aliphatic carbocycles. The summed E-state index contributed by atoms with van der Waals surface area (Å²) < 4.78 is 0. The van der Waals surface area contributed by atoms with Crippen LogP contribution in [0.2, 0.25) is 0 Å². The number of likely N-dealkylation sites (N-methyl/N-ethyl adjacent to an activating group) is 1. The summed E-state index contributed by atoms with van der Waals surface area (Å²) in [6, 6.07) is 0.432. The molecule has 0 spiro atoms. The first kappa shape index (κ1) is 14.9. The highest BCUT2D eigenvalue weighted by atomic mass is 32.1. The summed E-state index contributed by atoms with van der Waals surface area (Å²) in [7, 11) is 2.09. The summed E-state index contributed by atoms with van der Waals surface area (Å²) in [6.45, 7) is 3.17. The lowest BCUT2D eigenvalue weighted by molar-refractivity contribution is 0.0687. The van der Waals surface area contributed by atoms with Gasteiger partial charge in [0.1, 0.15) is 4.88 Å². The van der Waals surface area contributed by atoms with Crippen molar-refractivity contribution in [3.05, 3.63) is 10.6 Å². The highest BCUT2D eigenvalue weighted by Crippen LogP contribution is 2.24. The lowest BCUT2D eigenvalue weighted by Crippen LogP contribution is -2.40. The third-order valence-electron chi connectivity index (χ3n) is 3.56. The number of nitrogens with zero attached hydrogens (tertiary/aromatic N) is 2. The summed E-state index contributed by atoms with van der Waals surface area (Å²) in [5.41, 5.74) is -0.151. The van der Waals surface area contributed by atoms with E-state index in [9.17, 15) is 9.59 Å². The van der Waals surface area contributed by atoms with E-state index in [0.717, 1.165) is 30.8 Å². The molecule has 7 heteroatoms. The minimum absolute atomic E-state index is 0.151. The van der Waals surface area contributed by atoms with Gasteiger partial charge in [-0.3, -0.25) is 4.79 Å². The molecule has 1 unspecified atom stereocenters. The summed E-state index contributed by atoms with van der Waals surface area (Å²) >= 11 is 1.11. The summed E-state index contributed by atoms with van der Waals surface area (Å²) in [4.78, 5) is 29.0. The molecular weight excluding hydrogens is 278 g/mol. The van der Waals surface area contributed by atoms with Crippen LogP contribution in [0.5, 0.6) is 0 Å². The number of aromatic carboxylic acids is 1. The van der Waals surface area contributed by atoms with Gasteiger partial charge in [-0.1, -0.05) is 17.8 Å². The van der Waals surface area contributed by atoms with Crippen molar-refractivity contribution in [2.24, 2.45) is 0 Å². The fourth-order valence-corrected chi connectivity index (χ4v) is 3.25. The molecule has 1 aromatic rings. The number of carboxylic acid groups (broad SMARTS) is 1. The molecule has 1 fully saturated rings. The van der Waals surface area contributed by atoms with E-state index in [4.69, 9.17) is 5.11 Å². The number of rotatable bonds is 5. The number of aromatic nitrogens is 1. The zero-order valence-corrected chi connectivity index (χ0v) is 12.5. The Bertz CT molecular complexity index is 483. The second-order valence-corrected chi connectivity index (χ2v) is 6.07. The molecule has 0 saturated carbocycles. The molecule has 2 heterocycles. The second kappa shape index (κ2) is 6.32. The number of thiazole rings is 1. The van der Waals surface area contributed by atoms with Gasteiger partial charge in [-0.2, -0.15) is 0 Å². The number of likely N-dealkylation sites (tertiary alicyclic amines) is 1. The van der Waals surface area contributed by atoms with Gasteiger partial charge in [0.25, 0.3) is 0 Å². The van der Waals surface area contributed by atoms with Crippen molar-refractivity contribution < 1.29 is 14.7 Å². The van der Waals surface area contributed by atoms with Crippen LogP contribution in [-0.4, -0.2) is 52.9 Å². The molecule has 1 aliphatic rings. The van der Waals surface area contributed by atoms with E-state index >= 15 is 0 Å². The van der Waals surface area contributed by atoms with Crippen LogP contribution in [0, 0.1) is 0 Å². The summed E-state index contributed by atoms with van der Waals surface area (Å²) in [5, 5.41) is 12.7. The third kappa shape index (κ3) is 3.34. The second-order valence-electron chi connectivity index (χ2n) is 5.07. The first-order valence-electron chi connectivity index (χ1n) is 6.68. The molecule has 1 atom stereocenters. The number of piperidine rings is 1. The Morgan fingerprint density at radius 1 is 1.50 bits per heavy atom. The van der Waals surface area contributed by atoms with Crippen LogP contribution < -0.4 is 5.32 Å². The van der Waals surface area contributed by atoms with Crippen LogP contribution in [-0.2, 0) is 0 Å². The predicted octanol–water partition coefficient (Wildman–Crippen LogP) is 1.94. The molecule has 2 rings (SSSR count). The van der Waals surface area contributed by atoms with E-state index in [0.29, 0.717) is 11.2 Å². The highest BCUT2D eigenvalue weighted by molar-refractivity contribution is 7.17. The number of nitrogens with one attached hydrogen (secondary N) is 1. The number of hydrogen-bond acceptors (Lipinski definition) is 6. The molecule has 0 radical (unpaired) electrons. The average Bonchev–Trinajstić information content (AvgIpc) is 2.82. The Kier molecular flexibility index (Phi) is 4.72. The van der Waals surface area contributed by atoms with E-state index in [2.05, 4.69) is 22.2 Å². The van der Waals surface area contributed by atoms with Crippen LogP contribution >= 0.6 is 11.3 Å². The average molecular weight is 297 g/mol. The Balaban J connectivity index is 2.04. The van der Waals surface area contributed by atoms with Crippen molar-refractivity contribution in [1.82, 2.24) is 9.88 Å². The van der Waals surface area contributed by atoms with Crippen molar-refractivity contribution in [3.8, 4) is 0 Å². The van der Waals surface area contributed by atoms with Gasteiger partial charge in [0.05, 0.1) is 0 Å². The zero-order valence-electron chi connectivity index (χ0n) is 11.7. The quantitative estimate of drug-likeness (QED) is 0.808. The van der Waals surface area contributed by atoms with Crippen molar-refractivity contribution in [2.45, 2.75) is 32.2 Å². The van der Waals surface area contributed by atoms with Gasteiger partial charge >= 0.3 is 5.97 Å². The maximum atomic E-state index is 11.4. The van der Waals surface area contributed by atoms with Crippen molar-refractivity contribution in [2.75, 3.05) is 25.5 Å². The lowest BCUT2D eigenvalue weighted by atomic mass is 10.0. The number of Topliss-reactive ketones (excluding diaryl/α,β-unsaturated/α-hetero) is 1. The number of carboxylic acids is 1. The largest absolute Gasteiger partial charge is 0.476 e. The number of hydrogen-bond donors (Lipinski definition) is 2. The van der Waals surface area contributed by atoms with Crippen LogP contribution in [0.25, 0.3) is 0 Å². The minimum Gasteiger partial charge on any atom is -0.476 e. The van der Waals surface area contributed by atoms with Crippen LogP contribution in [0.4, 0.5) is 5.13 Å². The highest BCUT2D eigenvalue weighted by Gasteiger charge is 2.22. The first-order valence-corrected chi connectivity index (χ1v) is 7.50. The first-order chi connectivity index (χ1) is 9.49. The molecular formula is C13H19N3O3S. The van der Waals surface area contributed by atoms with Gasteiger partial charge in [-0.05, 0) is 26.4 Å². The van der Waals surface area contributed by atoms with Crippen molar-refractivity contribution in [1.29, 1.82) is 0 Å². The maximum absolute atomic E-state index is 11.4. The van der Waals surface area contributed by atoms with Crippen molar-refractivity contribution in [3.63, 3.8) is 0 Å². The van der Waals surface area contributed by atoms with Crippen molar-refractivity contribution >= 4 is 28.2 Å². The molecule has 2 N–H and O–H groups in total. The Hall–Kier alpha value is -1.47. The number of carbonyl (C=O) groups excluding carboxylic acids is 1. The van der Waals surface area contributed by atoms with E-state index in [-0.39, 0.29) is 16.4 Å². The third-order valence-corrected chi connectivity index (χ3v) is 4.67. The molecule has 1 aliphatic heterocycles. The fourth-order valence-electron chi connectivity index (χ4n) is 2.39. The van der Waals surface area contributed by atoms with Gasteiger partial charge in [0, 0.05) is 19.5 Å². The normalized spacial score (nSPS) is 19.8. The number of ketones is 1. The molecule has 0 aromatic carbocycles. The lowest BCUT2D eigenvalue weighted by Gasteiger charge is -2.32. The maximum Gasteiger partial charge on any atom is 0.356 e. The minimum atomic E-state index is -1.16. The Labute approximate surface area is 121 Å². The molecule has 0 bridgehead atoms. The Morgan fingerprint density at radius 3 is 2.80 bits per heavy atom. The van der Waals surface area contributed by atoms with Crippen LogP contribution in [0.1, 0.15) is 46.3 Å². The molecule has 1 saturated heterocycles. The molecule has 1 aromatic heterocycles. The monoisotopic (exact) mass is 297 g/mol. The molecule has 110 valence electrons. The van der Waals surface area contributed by atoms with Gasteiger partial charge in [-0.15, -0.1) is 0 Å². The van der Waals surface area contributed by atoms with E-state index < -0.39 is 5.97 Å². The van der Waals surface area contributed by atoms with E-state index in [1.807, 2.05) is 0 Å². The Morgan fingerprint density at radius 2 is 2.25 bits per heavy atom. The van der Waals surface area contributed by atoms with E-state index in [1.54, 1.807) is 0 Å².